The van der Waals surface area contributed by atoms with Crippen molar-refractivity contribution in [2.45, 2.75) is 39.5 Å². The Kier molecular flexibility index (Phi) is 4.73. The highest BCUT2D eigenvalue weighted by molar-refractivity contribution is 5.75. The first-order valence-electron chi connectivity index (χ1n) is 6.14. The summed E-state index contributed by atoms with van der Waals surface area (Å²) < 4.78 is 4.86. The van der Waals surface area contributed by atoms with Crippen molar-refractivity contribution in [1.29, 1.82) is 0 Å². The van der Waals surface area contributed by atoms with Crippen LogP contribution in [0, 0.1) is 5.41 Å². The summed E-state index contributed by atoms with van der Waals surface area (Å²) in [5.74, 6) is 0.275. The van der Waals surface area contributed by atoms with Crippen LogP contribution in [0.2, 0.25) is 0 Å². The highest BCUT2D eigenvalue weighted by Gasteiger charge is 2.31. The van der Waals surface area contributed by atoms with Crippen LogP contribution in [0.4, 0.5) is 0 Å². The molecule has 0 aromatic heterocycles. The standard InChI is InChI=1S/C15H22O2/c1-5-12(13-9-7-6-8-10-13)11-15(2,3)14(16)17-4/h6-10,12H,5,11H2,1-4H3. The Morgan fingerprint density at radius 1 is 1.29 bits per heavy atom. The van der Waals surface area contributed by atoms with Crippen molar-refractivity contribution in [2.75, 3.05) is 7.11 Å². The van der Waals surface area contributed by atoms with Crippen LogP contribution in [0.5, 0.6) is 0 Å². The molecule has 2 nitrogen and oxygen atoms in total. The summed E-state index contributed by atoms with van der Waals surface area (Å²) in [4.78, 5) is 11.7. The zero-order chi connectivity index (χ0) is 12.9. The van der Waals surface area contributed by atoms with Crippen molar-refractivity contribution in [1.82, 2.24) is 0 Å². The van der Waals surface area contributed by atoms with E-state index in [-0.39, 0.29) is 5.97 Å². The van der Waals surface area contributed by atoms with E-state index in [1.165, 1.54) is 12.7 Å². The van der Waals surface area contributed by atoms with Crippen LogP contribution < -0.4 is 0 Å². The fraction of sp³-hybridized carbons (Fsp3) is 0.533. The molecule has 0 saturated heterocycles. The summed E-state index contributed by atoms with van der Waals surface area (Å²) in [5, 5.41) is 0. The van der Waals surface area contributed by atoms with Crippen LogP contribution in [0.25, 0.3) is 0 Å². The smallest absolute Gasteiger partial charge is 0.311 e. The van der Waals surface area contributed by atoms with Gasteiger partial charge in [0, 0.05) is 0 Å². The highest BCUT2D eigenvalue weighted by Crippen LogP contribution is 2.34. The molecule has 0 aliphatic heterocycles. The molecule has 0 fully saturated rings. The third-order valence-corrected chi connectivity index (χ3v) is 3.26. The summed E-state index contributed by atoms with van der Waals surface area (Å²) in [6, 6.07) is 10.4. The lowest BCUT2D eigenvalue weighted by atomic mass is 9.79. The molecule has 2 heteroatoms. The van der Waals surface area contributed by atoms with E-state index in [4.69, 9.17) is 4.74 Å². The third kappa shape index (κ3) is 3.58. The summed E-state index contributed by atoms with van der Waals surface area (Å²) in [7, 11) is 1.45. The Balaban J connectivity index is 2.81. The molecule has 0 N–H and O–H groups in total. The number of methoxy groups -OCH3 is 1. The maximum absolute atomic E-state index is 11.7. The van der Waals surface area contributed by atoms with Gasteiger partial charge in [0.1, 0.15) is 0 Å². The van der Waals surface area contributed by atoms with E-state index < -0.39 is 5.41 Å². The van der Waals surface area contributed by atoms with E-state index in [9.17, 15) is 4.79 Å². The van der Waals surface area contributed by atoms with E-state index in [2.05, 4.69) is 19.1 Å². The lowest BCUT2D eigenvalue weighted by Crippen LogP contribution is -2.27. The Hall–Kier alpha value is -1.31. The number of carbonyl (C=O) groups is 1. The van der Waals surface area contributed by atoms with Crippen LogP contribution in [0.15, 0.2) is 30.3 Å². The van der Waals surface area contributed by atoms with Gasteiger partial charge < -0.3 is 4.74 Å². The molecule has 0 spiro atoms. The first-order chi connectivity index (χ1) is 8.01. The molecule has 17 heavy (non-hydrogen) atoms. The Labute approximate surface area is 104 Å². The molecule has 0 heterocycles. The Morgan fingerprint density at radius 3 is 2.35 bits per heavy atom. The van der Waals surface area contributed by atoms with Crippen molar-refractivity contribution in [3.8, 4) is 0 Å². The van der Waals surface area contributed by atoms with Gasteiger partial charge in [-0.05, 0) is 38.2 Å². The first-order valence-corrected chi connectivity index (χ1v) is 6.14. The second-order valence-electron chi connectivity index (χ2n) is 5.10. The van der Waals surface area contributed by atoms with Crippen molar-refractivity contribution >= 4 is 5.97 Å². The summed E-state index contributed by atoms with van der Waals surface area (Å²) >= 11 is 0. The van der Waals surface area contributed by atoms with E-state index in [0.717, 1.165) is 12.8 Å². The largest absolute Gasteiger partial charge is 0.469 e. The molecule has 0 radical (unpaired) electrons. The fourth-order valence-electron chi connectivity index (χ4n) is 2.20. The molecule has 1 unspecified atom stereocenters. The zero-order valence-electron chi connectivity index (χ0n) is 11.2. The van der Waals surface area contributed by atoms with Gasteiger partial charge in [0.25, 0.3) is 0 Å². The van der Waals surface area contributed by atoms with Crippen molar-refractivity contribution < 1.29 is 9.53 Å². The van der Waals surface area contributed by atoms with Gasteiger partial charge in [-0.3, -0.25) is 4.79 Å². The number of carbonyl (C=O) groups excluding carboxylic acids is 1. The lowest BCUT2D eigenvalue weighted by molar-refractivity contribution is -0.151. The molecular weight excluding hydrogens is 212 g/mol. The van der Waals surface area contributed by atoms with E-state index in [1.54, 1.807) is 0 Å². The zero-order valence-corrected chi connectivity index (χ0v) is 11.2. The van der Waals surface area contributed by atoms with Gasteiger partial charge in [-0.15, -0.1) is 0 Å². The van der Waals surface area contributed by atoms with Crippen LogP contribution in [-0.4, -0.2) is 13.1 Å². The molecule has 1 rings (SSSR count). The maximum Gasteiger partial charge on any atom is 0.311 e. The number of benzene rings is 1. The number of hydrogen-bond donors (Lipinski definition) is 0. The van der Waals surface area contributed by atoms with Crippen LogP contribution in [0.3, 0.4) is 0 Å². The van der Waals surface area contributed by atoms with Gasteiger partial charge in [0.05, 0.1) is 12.5 Å². The molecule has 0 bridgehead atoms. The monoisotopic (exact) mass is 234 g/mol. The molecule has 0 aliphatic rings. The van der Waals surface area contributed by atoms with Crippen molar-refractivity contribution in [3.05, 3.63) is 35.9 Å². The lowest BCUT2D eigenvalue weighted by Gasteiger charge is -2.27. The second kappa shape index (κ2) is 5.85. The van der Waals surface area contributed by atoms with Gasteiger partial charge >= 0.3 is 5.97 Å². The van der Waals surface area contributed by atoms with Crippen LogP contribution >= 0.6 is 0 Å². The normalized spacial score (nSPS) is 13.2. The number of ether oxygens (including phenoxy) is 1. The second-order valence-corrected chi connectivity index (χ2v) is 5.10. The number of esters is 1. The Morgan fingerprint density at radius 2 is 1.88 bits per heavy atom. The highest BCUT2D eigenvalue weighted by atomic mass is 16.5. The maximum atomic E-state index is 11.7. The summed E-state index contributed by atoms with van der Waals surface area (Å²) in [6.45, 7) is 6.06. The average molecular weight is 234 g/mol. The SMILES string of the molecule is CCC(CC(C)(C)C(=O)OC)c1ccccc1. The molecule has 1 atom stereocenters. The molecule has 1 aromatic carbocycles. The predicted molar refractivity (Wildman–Crippen MR) is 69.9 cm³/mol. The van der Waals surface area contributed by atoms with Crippen LogP contribution in [-0.2, 0) is 9.53 Å². The van der Waals surface area contributed by atoms with E-state index in [1.807, 2.05) is 32.0 Å². The summed E-state index contributed by atoms with van der Waals surface area (Å²) in [6.07, 6.45) is 1.85. The van der Waals surface area contributed by atoms with Gasteiger partial charge in [0.15, 0.2) is 0 Å². The predicted octanol–water partition coefficient (Wildman–Crippen LogP) is 3.77. The number of rotatable bonds is 5. The Bertz CT molecular complexity index is 354. The average Bonchev–Trinajstić information content (AvgIpc) is 2.36. The molecule has 0 aliphatic carbocycles. The molecule has 0 saturated carbocycles. The topological polar surface area (TPSA) is 26.3 Å². The first kappa shape index (κ1) is 13.8. The van der Waals surface area contributed by atoms with Gasteiger partial charge in [-0.2, -0.15) is 0 Å². The molecule has 94 valence electrons. The van der Waals surface area contributed by atoms with E-state index in [0.29, 0.717) is 5.92 Å². The number of hydrogen-bond acceptors (Lipinski definition) is 2. The van der Waals surface area contributed by atoms with Gasteiger partial charge in [-0.1, -0.05) is 37.3 Å². The third-order valence-electron chi connectivity index (χ3n) is 3.26. The summed E-state index contributed by atoms with van der Waals surface area (Å²) in [5.41, 5.74) is 0.873. The molecule has 0 amide bonds. The van der Waals surface area contributed by atoms with Gasteiger partial charge in [0.2, 0.25) is 0 Å². The van der Waals surface area contributed by atoms with Crippen LogP contribution in [0.1, 0.15) is 45.1 Å². The molecular formula is C15H22O2. The quantitative estimate of drug-likeness (QED) is 0.725. The van der Waals surface area contributed by atoms with Crippen molar-refractivity contribution in [2.24, 2.45) is 5.41 Å². The van der Waals surface area contributed by atoms with Gasteiger partial charge in [-0.25, -0.2) is 0 Å². The van der Waals surface area contributed by atoms with Crippen molar-refractivity contribution in [3.63, 3.8) is 0 Å². The van der Waals surface area contributed by atoms with E-state index >= 15 is 0 Å². The molecule has 1 aromatic rings. The minimum atomic E-state index is -0.425. The minimum absolute atomic E-state index is 0.133. The fourth-order valence-corrected chi connectivity index (χ4v) is 2.20. The minimum Gasteiger partial charge on any atom is -0.469 e.